The van der Waals surface area contributed by atoms with E-state index in [-0.39, 0.29) is 24.5 Å². The summed E-state index contributed by atoms with van der Waals surface area (Å²) in [5.74, 6) is 3.01. The van der Waals surface area contributed by atoms with E-state index in [0.717, 1.165) is 0 Å². The van der Waals surface area contributed by atoms with Gasteiger partial charge in [0.25, 0.3) is 0 Å². The van der Waals surface area contributed by atoms with Crippen LogP contribution in [0.25, 0.3) is 0 Å². The van der Waals surface area contributed by atoms with Crippen molar-refractivity contribution in [3.63, 3.8) is 0 Å². The van der Waals surface area contributed by atoms with Crippen LogP contribution in [0.1, 0.15) is 23.6 Å². The topological polar surface area (TPSA) is 64.6 Å². The number of aryl methyl sites for hydroxylation is 2. The maximum atomic E-state index is 12.4. The fourth-order valence-corrected chi connectivity index (χ4v) is 1.80. The fraction of sp³-hybridized carbons (Fsp3) is 0.375. The number of nitrogens with one attached hydrogen (secondary N) is 1. The van der Waals surface area contributed by atoms with Gasteiger partial charge in [0.2, 0.25) is 0 Å². The molecule has 0 aliphatic carbocycles. The van der Waals surface area contributed by atoms with Crippen LogP contribution >= 0.6 is 0 Å². The van der Waals surface area contributed by atoms with Crippen molar-refractivity contribution in [3.8, 4) is 11.8 Å². The number of anilines is 1. The Labute approximate surface area is 137 Å². The Hall–Kier alpha value is -2.69. The first-order valence-corrected chi connectivity index (χ1v) is 6.93. The van der Waals surface area contributed by atoms with Crippen molar-refractivity contribution in [2.75, 3.05) is 18.5 Å². The predicted octanol–water partition coefficient (Wildman–Crippen LogP) is 3.33. The van der Waals surface area contributed by atoms with Crippen LogP contribution in [0.3, 0.4) is 0 Å². The zero-order chi connectivity index (χ0) is 18.3. The zero-order valence-electron chi connectivity index (χ0n) is 13.3. The maximum absolute atomic E-state index is 12.4. The lowest BCUT2D eigenvalue weighted by Gasteiger charge is -2.12. The van der Waals surface area contributed by atoms with Crippen molar-refractivity contribution in [2.45, 2.75) is 26.9 Å². The SMILES string of the molecule is CCOC(=O)OCC#Cc1c(C)cc(C)cc1NC(=O)C(F)(F)F. The van der Waals surface area contributed by atoms with E-state index in [4.69, 9.17) is 0 Å². The minimum absolute atomic E-state index is 0.0570. The summed E-state index contributed by atoms with van der Waals surface area (Å²) in [5, 5.41) is 1.80. The van der Waals surface area contributed by atoms with Gasteiger partial charge in [-0.05, 0) is 38.0 Å². The summed E-state index contributed by atoms with van der Waals surface area (Å²) < 4.78 is 46.4. The number of carbonyl (C=O) groups is 2. The van der Waals surface area contributed by atoms with E-state index < -0.39 is 18.2 Å². The van der Waals surface area contributed by atoms with Crippen LogP contribution in [0, 0.1) is 25.7 Å². The van der Waals surface area contributed by atoms with Gasteiger partial charge >= 0.3 is 18.2 Å². The molecule has 0 saturated carbocycles. The van der Waals surface area contributed by atoms with Gasteiger partial charge in [0, 0.05) is 0 Å². The molecule has 0 bridgehead atoms. The number of ether oxygens (including phenoxy) is 2. The highest BCUT2D eigenvalue weighted by atomic mass is 19.4. The van der Waals surface area contributed by atoms with Gasteiger partial charge in [-0.2, -0.15) is 13.2 Å². The Bertz CT molecular complexity index is 687. The van der Waals surface area contributed by atoms with Gasteiger partial charge in [0.15, 0.2) is 6.61 Å². The number of carbonyl (C=O) groups excluding carboxylic acids is 2. The molecule has 24 heavy (non-hydrogen) atoms. The molecule has 0 fully saturated rings. The van der Waals surface area contributed by atoms with E-state index in [0.29, 0.717) is 11.1 Å². The van der Waals surface area contributed by atoms with Gasteiger partial charge in [0.1, 0.15) is 0 Å². The van der Waals surface area contributed by atoms with Crippen LogP contribution in [-0.2, 0) is 14.3 Å². The second-order valence-electron chi connectivity index (χ2n) is 4.73. The number of hydrogen-bond donors (Lipinski definition) is 1. The van der Waals surface area contributed by atoms with Crippen molar-refractivity contribution in [1.82, 2.24) is 0 Å². The first-order chi connectivity index (χ1) is 11.1. The lowest BCUT2D eigenvalue weighted by molar-refractivity contribution is -0.167. The molecule has 0 aliphatic heterocycles. The quantitative estimate of drug-likeness (QED) is 0.675. The predicted molar refractivity (Wildman–Crippen MR) is 80.5 cm³/mol. The Balaban J connectivity index is 2.98. The number of hydrogen-bond acceptors (Lipinski definition) is 4. The normalized spacial score (nSPS) is 10.4. The highest BCUT2D eigenvalue weighted by Crippen LogP contribution is 2.24. The number of rotatable bonds is 3. The minimum Gasteiger partial charge on any atom is -0.435 e. The lowest BCUT2D eigenvalue weighted by Crippen LogP contribution is -2.30. The largest absolute Gasteiger partial charge is 0.509 e. The van der Waals surface area contributed by atoms with E-state index in [2.05, 4.69) is 21.3 Å². The maximum Gasteiger partial charge on any atom is 0.509 e. The summed E-state index contributed by atoms with van der Waals surface area (Å²) >= 11 is 0. The monoisotopic (exact) mass is 343 g/mol. The summed E-state index contributed by atoms with van der Waals surface area (Å²) in [4.78, 5) is 22.1. The molecule has 0 heterocycles. The Morgan fingerprint density at radius 1 is 1.21 bits per heavy atom. The second kappa shape index (κ2) is 8.24. The third-order valence-corrected chi connectivity index (χ3v) is 2.72. The highest BCUT2D eigenvalue weighted by molar-refractivity contribution is 5.96. The molecule has 0 saturated heterocycles. The number of halogens is 3. The molecule has 130 valence electrons. The van der Waals surface area contributed by atoms with Crippen molar-refractivity contribution in [1.29, 1.82) is 0 Å². The number of amides is 1. The summed E-state index contributed by atoms with van der Waals surface area (Å²) in [6.45, 7) is 4.79. The Kier molecular flexibility index (Phi) is 6.65. The van der Waals surface area contributed by atoms with Gasteiger partial charge in [0.05, 0.1) is 17.9 Å². The molecule has 0 radical (unpaired) electrons. The van der Waals surface area contributed by atoms with E-state index in [1.54, 1.807) is 32.2 Å². The van der Waals surface area contributed by atoms with Crippen LogP contribution in [0.4, 0.5) is 23.7 Å². The van der Waals surface area contributed by atoms with E-state index in [1.165, 1.54) is 6.07 Å². The van der Waals surface area contributed by atoms with Crippen LogP contribution < -0.4 is 5.32 Å². The van der Waals surface area contributed by atoms with Crippen molar-refractivity contribution < 1.29 is 32.2 Å². The second-order valence-corrected chi connectivity index (χ2v) is 4.73. The number of benzene rings is 1. The summed E-state index contributed by atoms with van der Waals surface area (Å²) in [7, 11) is 0. The molecule has 1 rings (SSSR count). The van der Waals surface area contributed by atoms with Gasteiger partial charge in [-0.1, -0.05) is 17.9 Å². The van der Waals surface area contributed by atoms with Crippen molar-refractivity contribution >= 4 is 17.7 Å². The molecule has 1 aromatic rings. The standard InChI is InChI=1S/C16H16F3NO4/c1-4-23-15(22)24-7-5-6-12-11(3)8-10(2)9-13(12)20-14(21)16(17,18)19/h8-9H,4,7H2,1-3H3,(H,20,21). The molecule has 5 nitrogen and oxygen atoms in total. The first-order valence-electron chi connectivity index (χ1n) is 6.93. The van der Waals surface area contributed by atoms with Crippen LogP contribution in [-0.4, -0.2) is 31.5 Å². The van der Waals surface area contributed by atoms with Crippen LogP contribution in [0.5, 0.6) is 0 Å². The molecule has 1 N–H and O–H groups in total. The summed E-state index contributed by atoms with van der Waals surface area (Å²) in [6.07, 6.45) is -5.90. The smallest absolute Gasteiger partial charge is 0.435 e. The molecule has 8 heteroatoms. The first kappa shape index (κ1) is 19.4. The molecule has 0 unspecified atom stereocenters. The molecule has 1 amide bonds. The van der Waals surface area contributed by atoms with E-state index in [9.17, 15) is 22.8 Å². The molecular weight excluding hydrogens is 327 g/mol. The number of alkyl halides is 3. The molecule has 0 spiro atoms. The van der Waals surface area contributed by atoms with Gasteiger partial charge in [-0.25, -0.2) is 4.79 Å². The zero-order valence-corrected chi connectivity index (χ0v) is 13.3. The summed E-state index contributed by atoms with van der Waals surface area (Å²) in [6, 6.07) is 3.09. The van der Waals surface area contributed by atoms with Gasteiger partial charge < -0.3 is 14.8 Å². The third-order valence-electron chi connectivity index (χ3n) is 2.72. The molecule has 0 aromatic heterocycles. The summed E-state index contributed by atoms with van der Waals surface area (Å²) in [5.41, 5.74) is 1.40. The molecular formula is C16H16F3NO4. The van der Waals surface area contributed by atoms with Gasteiger partial charge in [-0.3, -0.25) is 4.79 Å². The average Bonchev–Trinajstić information content (AvgIpc) is 2.44. The van der Waals surface area contributed by atoms with Crippen LogP contribution in [0.2, 0.25) is 0 Å². The van der Waals surface area contributed by atoms with Crippen LogP contribution in [0.15, 0.2) is 12.1 Å². The molecule has 0 atom stereocenters. The molecule has 0 aliphatic rings. The van der Waals surface area contributed by atoms with E-state index in [1.807, 2.05) is 0 Å². The fourth-order valence-electron chi connectivity index (χ4n) is 1.80. The molecule has 1 aromatic carbocycles. The van der Waals surface area contributed by atoms with Crippen molar-refractivity contribution in [2.24, 2.45) is 0 Å². The highest BCUT2D eigenvalue weighted by Gasteiger charge is 2.39. The van der Waals surface area contributed by atoms with Gasteiger partial charge in [-0.15, -0.1) is 0 Å². The van der Waals surface area contributed by atoms with E-state index >= 15 is 0 Å². The lowest BCUT2D eigenvalue weighted by atomic mass is 10.0. The van der Waals surface area contributed by atoms with Crippen molar-refractivity contribution in [3.05, 3.63) is 28.8 Å². The third kappa shape index (κ3) is 5.83. The minimum atomic E-state index is -5.00. The average molecular weight is 343 g/mol. The Morgan fingerprint density at radius 3 is 2.46 bits per heavy atom. The Morgan fingerprint density at radius 2 is 1.88 bits per heavy atom.